The number of hydrogen-bond acceptors (Lipinski definition) is 5. The van der Waals surface area contributed by atoms with Gasteiger partial charge in [-0.05, 0) is 6.42 Å². The molecule has 2 N–H and O–H groups in total. The maximum absolute atomic E-state index is 11.1. The highest BCUT2D eigenvalue weighted by Crippen LogP contribution is 2.41. The van der Waals surface area contributed by atoms with Crippen molar-refractivity contribution in [3.05, 3.63) is 0 Å². The smallest absolute Gasteiger partial charge is 0.388 e. The number of phosphoric ester groups is 1. The molecule has 27 heavy (non-hydrogen) atoms. The van der Waals surface area contributed by atoms with Crippen LogP contribution in [0.4, 0.5) is 0 Å². The Hall–Kier alpha value is 0.0300. The summed E-state index contributed by atoms with van der Waals surface area (Å²) in [5, 5.41) is 9.59. The molecule has 164 valence electrons. The summed E-state index contributed by atoms with van der Waals surface area (Å²) in [6, 6.07) is 0. The number of unbranched alkanes of at least 4 members (excludes halogenated alkanes) is 13. The fourth-order valence-electron chi connectivity index (χ4n) is 2.90. The first-order valence-electron chi connectivity index (χ1n) is 10.8. The molecule has 0 spiro atoms. The molecular weight excluding hydrogens is 367 g/mol. The van der Waals surface area contributed by atoms with Gasteiger partial charge in [0.25, 0.3) is 0 Å². The van der Waals surface area contributed by atoms with E-state index in [1.54, 1.807) is 0 Å². The normalized spacial score (nSPS) is 15.0. The summed E-state index contributed by atoms with van der Waals surface area (Å²) in [6.45, 7) is 2.68. The van der Waals surface area contributed by atoms with Gasteiger partial charge in [-0.1, -0.05) is 90.4 Å². The van der Waals surface area contributed by atoms with Crippen molar-refractivity contribution < 1.29 is 28.3 Å². The minimum Gasteiger partial charge on any atom is -0.388 e. The van der Waals surface area contributed by atoms with Gasteiger partial charge in [-0.15, -0.1) is 0 Å². The van der Waals surface area contributed by atoms with E-state index < -0.39 is 13.9 Å². The van der Waals surface area contributed by atoms with E-state index in [-0.39, 0.29) is 13.2 Å². The van der Waals surface area contributed by atoms with Crippen LogP contribution in [0.25, 0.3) is 0 Å². The second-order valence-electron chi connectivity index (χ2n) is 7.27. The first-order valence-corrected chi connectivity index (χ1v) is 12.3. The lowest BCUT2D eigenvalue weighted by molar-refractivity contribution is 0.00348. The molecular formula is C20H43O6P. The van der Waals surface area contributed by atoms with Gasteiger partial charge in [0, 0.05) is 13.7 Å². The molecule has 0 heterocycles. The van der Waals surface area contributed by atoms with Crippen molar-refractivity contribution in [1.29, 1.82) is 0 Å². The zero-order chi connectivity index (χ0) is 20.2. The third-order valence-electron chi connectivity index (χ3n) is 4.61. The van der Waals surface area contributed by atoms with Crippen LogP contribution in [0.3, 0.4) is 0 Å². The lowest BCUT2D eigenvalue weighted by Gasteiger charge is -2.13. The van der Waals surface area contributed by atoms with Gasteiger partial charge in [0.15, 0.2) is 0 Å². The van der Waals surface area contributed by atoms with Gasteiger partial charge >= 0.3 is 7.82 Å². The molecule has 2 atom stereocenters. The summed E-state index contributed by atoms with van der Waals surface area (Å²) in [4.78, 5) is 9.04. The molecule has 6 nitrogen and oxygen atoms in total. The van der Waals surface area contributed by atoms with E-state index in [1.807, 2.05) is 0 Å². The predicted octanol–water partition coefficient (Wildman–Crippen LogP) is 5.61. The van der Waals surface area contributed by atoms with Crippen molar-refractivity contribution >= 4 is 7.82 Å². The fourth-order valence-corrected chi connectivity index (χ4v) is 3.36. The number of rotatable bonds is 21. The summed E-state index contributed by atoms with van der Waals surface area (Å²) in [6.07, 6.45) is 17.5. The standard InChI is InChI=1S/C20H43O6P/c1-3-4-5-6-7-8-9-10-11-12-13-14-15-16-17-25-18-20(21)19-26-27(22,23)24-2/h20-21H,3-19H2,1-2H3,(H,22,23)/t20-/m1/s1. The summed E-state index contributed by atoms with van der Waals surface area (Å²) < 4.78 is 25.3. The van der Waals surface area contributed by atoms with E-state index in [4.69, 9.17) is 9.63 Å². The van der Waals surface area contributed by atoms with Gasteiger partial charge in [0.2, 0.25) is 0 Å². The molecule has 0 aliphatic heterocycles. The Morgan fingerprint density at radius 1 is 0.778 bits per heavy atom. The van der Waals surface area contributed by atoms with Crippen molar-refractivity contribution in [2.24, 2.45) is 0 Å². The highest BCUT2D eigenvalue weighted by atomic mass is 31.2. The third-order valence-corrected chi connectivity index (χ3v) is 5.55. The minimum absolute atomic E-state index is 0.0994. The van der Waals surface area contributed by atoms with E-state index in [2.05, 4.69) is 16.0 Å². The van der Waals surface area contributed by atoms with Crippen molar-refractivity contribution in [3.63, 3.8) is 0 Å². The molecule has 0 radical (unpaired) electrons. The van der Waals surface area contributed by atoms with Crippen LogP contribution in [0.5, 0.6) is 0 Å². The topological polar surface area (TPSA) is 85.2 Å². The molecule has 0 saturated heterocycles. The van der Waals surface area contributed by atoms with E-state index in [0.717, 1.165) is 20.0 Å². The van der Waals surface area contributed by atoms with Crippen molar-refractivity contribution in [1.82, 2.24) is 0 Å². The molecule has 1 unspecified atom stereocenters. The fraction of sp³-hybridized carbons (Fsp3) is 1.00. The van der Waals surface area contributed by atoms with Crippen LogP contribution in [0.1, 0.15) is 96.8 Å². The molecule has 0 aromatic heterocycles. The third kappa shape index (κ3) is 20.6. The molecule has 0 aromatic carbocycles. The highest BCUT2D eigenvalue weighted by molar-refractivity contribution is 7.47. The molecule has 7 heteroatoms. The van der Waals surface area contributed by atoms with Crippen LogP contribution in [0.2, 0.25) is 0 Å². The lowest BCUT2D eigenvalue weighted by Crippen LogP contribution is -2.21. The first kappa shape index (κ1) is 27.0. The number of hydrogen-bond donors (Lipinski definition) is 2. The van der Waals surface area contributed by atoms with E-state index in [9.17, 15) is 9.67 Å². The first-order chi connectivity index (χ1) is 13.0. The molecule has 0 fully saturated rings. The van der Waals surface area contributed by atoms with Crippen LogP contribution in [0.15, 0.2) is 0 Å². The van der Waals surface area contributed by atoms with Gasteiger partial charge in [-0.2, -0.15) is 0 Å². The maximum Gasteiger partial charge on any atom is 0.472 e. The summed E-state index contributed by atoms with van der Waals surface area (Å²) in [5.41, 5.74) is 0. The zero-order valence-corrected chi connectivity index (χ0v) is 18.5. The van der Waals surface area contributed by atoms with Gasteiger partial charge in [-0.25, -0.2) is 4.57 Å². The Balaban J connectivity index is 3.19. The van der Waals surface area contributed by atoms with Crippen molar-refractivity contribution in [2.75, 3.05) is 26.9 Å². The molecule has 0 amide bonds. The monoisotopic (exact) mass is 410 g/mol. The predicted molar refractivity (Wildman–Crippen MR) is 110 cm³/mol. The van der Waals surface area contributed by atoms with Crippen LogP contribution in [0, 0.1) is 0 Å². The Morgan fingerprint density at radius 2 is 1.22 bits per heavy atom. The molecule has 0 saturated carbocycles. The Bertz CT molecular complexity index is 353. The second-order valence-corrected chi connectivity index (χ2v) is 8.83. The molecule has 0 aliphatic rings. The maximum atomic E-state index is 11.1. The van der Waals surface area contributed by atoms with Gasteiger partial charge < -0.3 is 14.7 Å². The quantitative estimate of drug-likeness (QED) is 0.189. The lowest BCUT2D eigenvalue weighted by atomic mass is 10.0. The zero-order valence-electron chi connectivity index (χ0n) is 17.6. The van der Waals surface area contributed by atoms with Gasteiger partial charge in [-0.3, -0.25) is 9.05 Å². The Kier molecular flexibility index (Phi) is 19.4. The van der Waals surface area contributed by atoms with E-state index in [1.165, 1.54) is 77.0 Å². The number of aliphatic hydroxyl groups excluding tert-OH is 1. The molecule has 0 aromatic rings. The molecule has 0 aliphatic carbocycles. The summed E-state index contributed by atoms with van der Waals surface area (Å²) in [5.74, 6) is 0. The van der Waals surface area contributed by atoms with Gasteiger partial charge in [0.05, 0.1) is 13.2 Å². The van der Waals surface area contributed by atoms with E-state index >= 15 is 0 Å². The Morgan fingerprint density at radius 3 is 1.67 bits per heavy atom. The number of phosphoric acid groups is 1. The summed E-state index contributed by atoms with van der Waals surface area (Å²) >= 11 is 0. The van der Waals surface area contributed by atoms with Gasteiger partial charge in [0.1, 0.15) is 6.10 Å². The van der Waals surface area contributed by atoms with Crippen LogP contribution >= 0.6 is 7.82 Å². The number of aliphatic hydroxyl groups is 1. The average molecular weight is 411 g/mol. The van der Waals surface area contributed by atoms with Crippen molar-refractivity contribution in [2.45, 2.75) is 103 Å². The van der Waals surface area contributed by atoms with Crippen LogP contribution in [-0.2, 0) is 18.3 Å². The molecule has 0 bridgehead atoms. The Labute approximate surface area is 166 Å². The van der Waals surface area contributed by atoms with Crippen LogP contribution < -0.4 is 0 Å². The number of ether oxygens (including phenoxy) is 1. The average Bonchev–Trinajstić information content (AvgIpc) is 2.66. The molecule has 0 rings (SSSR count). The SMILES string of the molecule is CCCCCCCCCCCCCCCCOC[C@@H](O)COP(=O)(O)OC. The second kappa shape index (κ2) is 19.4. The highest BCUT2D eigenvalue weighted by Gasteiger charge is 2.20. The minimum atomic E-state index is -4.02. The largest absolute Gasteiger partial charge is 0.472 e. The summed E-state index contributed by atoms with van der Waals surface area (Å²) in [7, 11) is -2.94. The van der Waals surface area contributed by atoms with Crippen LogP contribution in [-0.4, -0.2) is 43.0 Å². The van der Waals surface area contributed by atoms with E-state index in [0.29, 0.717) is 6.61 Å². The van der Waals surface area contributed by atoms with Crippen molar-refractivity contribution in [3.8, 4) is 0 Å².